The lowest BCUT2D eigenvalue weighted by atomic mass is 9.89. The van der Waals surface area contributed by atoms with Crippen LogP contribution in [0.1, 0.15) is 182 Å². The molecule has 6 N–H and O–H groups in total. The van der Waals surface area contributed by atoms with Crippen molar-refractivity contribution in [3.05, 3.63) is 12.2 Å². The van der Waals surface area contributed by atoms with E-state index in [9.17, 15) is 19.6 Å². The number of amides is 11. The summed E-state index contributed by atoms with van der Waals surface area (Å²) in [6, 6.07) is -12.6. The molecule has 0 aromatic carbocycles. The average molecular weight is 1390 g/mol. The van der Waals surface area contributed by atoms with Gasteiger partial charge in [-0.1, -0.05) is 95.2 Å². The van der Waals surface area contributed by atoms with Crippen molar-refractivity contribution in [3.8, 4) is 0 Å². The van der Waals surface area contributed by atoms with Gasteiger partial charge in [0.05, 0.1) is 5.60 Å². The first-order valence-corrected chi connectivity index (χ1v) is 35.9. The number of likely N-dealkylation sites (N-methyl/N-ethyl adjacent to an activating group) is 7. The van der Waals surface area contributed by atoms with E-state index >= 15 is 38.4 Å². The Balaban J connectivity index is 4.66. The van der Waals surface area contributed by atoms with Crippen molar-refractivity contribution in [1.82, 2.24) is 61.0 Å². The summed E-state index contributed by atoms with van der Waals surface area (Å²) in [6.45, 7) is 30.4. The minimum Gasteiger partial charge on any atom is -0.385 e. The molecule has 0 aromatic heterocycles. The summed E-state index contributed by atoms with van der Waals surface area (Å²) in [5.41, 5.74) is -1.18. The quantitative estimate of drug-likeness (QED) is 0.0384. The Kier molecular flexibility index (Phi) is 38.2. The normalized spacial score (nSPS) is 26.4. The number of ether oxygens (including phenoxy) is 2. The fourth-order valence-electron chi connectivity index (χ4n) is 12.0. The molecule has 0 aliphatic carbocycles. The lowest BCUT2D eigenvalue weighted by Crippen LogP contribution is -2.71. The summed E-state index contributed by atoms with van der Waals surface area (Å²) in [7, 11) is 13.0. The summed E-state index contributed by atoms with van der Waals surface area (Å²) in [4.78, 5) is 174. The number of hydroxylamine groups is 1. The maximum atomic E-state index is 15.6. The number of nitrogens with zero attached hydrogens (tertiary/aromatic N) is 7. The SMILES string of the molecule is C/C=C/C[C@@H](C)C[C@@]1(NO)C(=O)N[C@H](CC)C(=O)N(C)[C@H](CSCCCCOC)C(=O)N(C)[C@@H](CC(C)(C)OC)C(=O)N[C@H](C(C)C)C(=O)N(C)[C@H](CCC(C)C)C(=O)N[C@H](C)C(=O)N[C@@H](C)C(=O)N(C)[C@@H](CC(C)C)C(=O)N(C)[C@@H](CC(C)C)C(=O)N(C)[C@@H](C(C)C)C(=O)N1C. The molecule has 11 amide bonds. The molecule has 12 atom stereocenters. The molecule has 1 rings (SSSR count). The van der Waals surface area contributed by atoms with Crippen LogP contribution in [-0.2, 0) is 62.2 Å². The molecule has 27 heteroatoms. The van der Waals surface area contributed by atoms with Gasteiger partial charge in [0.25, 0.3) is 5.91 Å². The zero-order valence-corrected chi connectivity index (χ0v) is 64.7. The van der Waals surface area contributed by atoms with Crippen molar-refractivity contribution in [3.63, 3.8) is 0 Å². The lowest BCUT2D eigenvalue weighted by Gasteiger charge is -2.45. The van der Waals surface area contributed by atoms with Gasteiger partial charge in [0.2, 0.25) is 59.1 Å². The molecule has 0 unspecified atom stereocenters. The summed E-state index contributed by atoms with van der Waals surface area (Å²) in [5.74, 6) is -9.17. The van der Waals surface area contributed by atoms with Crippen LogP contribution in [0.25, 0.3) is 0 Å². The molecular formula is C70H128N12O14S. The van der Waals surface area contributed by atoms with E-state index in [1.54, 1.807) is 55.6 Å². The van der Waals surface area contributed by atoms with Gasteiger partial charge in [-0.25, -0.2) is 0 Å². The Hall–Kier alpha value is -5.90. The van der Waals surface area contributed by atoms with Crippen LogP contribution in [0.15, 0.2) is 12.2 Å². The van der Waals surface area contributed by atoms with Gasteiger partial charge in [-0.15, -0.1) is 0 Å². The van der Waals surface area contributed by atoms with Crippen LogP contribution in [0.4, 0.5) is 0 Å². The number of carbonyl (C=O) groups is 11. The van der Waals surface area contributed by atoms with E-state index in [-0.39, 0.29) is 62.0 Å². The highest BCUT2D eigenvalue weighted by atomic mass is 32.2. The van der Waals surface area contributed by atoms with Gasteiger partial charge in [-0.2, -0.15) is 17.2 Å². The van der Waals surface area contributed by atoms with Crippen LogP contribution in [0.5, 0.6) is 0 Å². The summed E-state index contributed by atoms with van der Waals surface area (Å²) in [6.07, 6.45) is 6.03. The number of rotatable bonds is 25. The maximum Gasteiger partial charge on any atom is 0.263 e. The standard InChI is InChI=1S/C70H128N12O14S/c1-27-29-32-47(13)39-70(75-94)68(93)73-50(28-2)62(87)80(22)55(41-97-36-31-30-35-95-25)65(90)79(21)54(40-69(16,17)96-26)60(85)74-56(45(9)10)66(91)76(18)51(34-33-42(3)4)59(84)71-48(14)58(83)72-49(15)61(86)77(19)52(37-43(5)6)63(88)78(20)53(38-44(7)8)64(89)81(23)57(46(11)12)67(92)82(70)24/h27,29,42-57,75,94H,28,30-41H2,1-26H3,(H,71,84)(H,72,83)(H,73,93)(H,74,85)/b29-27+/t47-,48-,49+,50-,51-,52+,53+,54+,55-,56-,57+,70+/m1/s1. The summed E-state index contributed by atoms with van der Waals surface area (Å²) in [5, 5.41) is 22.7. The topological polar surface area (TPSA) is 309 Å². The highest BCUT2D eigenvalue weighted by molar-refractivity contribution is 7.99. The fraction of sp³-hybridized carbons (Fsp3) is 0.814. The smallest absolute Gasteiger partial charge is 0.263 e. The van der Waals surface area contributed by atoms with Gasteiger partial charge in [0.15, 0.2) is 5.66 Å². The molecule has 0 radical (unpaired) electrons. The van der Waals surface area contributed by atoms with Crippen LogP contribution in [-0.4, -0.2) is 258 Å². The van der Waals surface area contributed by atoms with Crippen LogP contribution in [0.2, 0.25) is 0 Å². The Bertz CT molecular complexity index is 2630. The van der Waals surface area contributed by atoms with Crippen molar-refractivity contribution >= 4 is 76.7 Å². The number of unbranched alkanes of at least 4 members (excludes halogenated alkanes) is 1. The third-order valence-electron chi connectivity index (χ3n) is 18.6. The number of methoxy groups -OCH3 is 2. The predicted molar refractivity (Wildman–Crippen MR) is 379 cm³/mol. The minimum absolute atomic E-state index is 0.0299. The number of thioether (sulfide) groups is 1. The first-order valence-electron chi connectivity index (χ1n) is 34.8. The predicted octanol–water partition coefficient (Wildman–Crippen LogP) is 5.29. The van der Waals surface area contributed by atoms with Crippen molar-refractivity contribution < 1.29 is 67.4 Å². The zero-order chi connectivity index (χ0) is 74.9. The van der Waals surface area contributed by atoms with Crippen molar-refractivity contribution in [2.24, 2.45) is 35.5 Å². The number of allylic oxidation sites excluding steroid dienone is 2. The van der Waals surface area contributed by atoms with E-state index in [0.29, 0.717) is 38.0 Å². The molecular weight excluding hydrogens is 1260 g/mol. The highest BCUT2D eigenvalue weighted by Gasteiger charge is 2.51. The minimum atomic E-state index is -2.31. The van der Waals surface area contributed by atoms with Gasteiger partial charge in [-0.3, -0.25) is 52.7 Å². The Labute approximate surface area is 585 Å². The van der Waals surface area contributed by atoms with Crippen LogP contribution >= 0.6 is 11.8 Å². The molecule has 26 nitrogen and oxygen atoms in total. The Morgan fingerprint density at radius 1 is 0.588 bits per heavy atom. The van der Waals surface area contributed by atoms with Crippen molar-refractivity contribution in [2.75, 3.05) is 81.7 Å². The first-order chi connectivity index (χ1) is 45.0. The second kappa shape index (κ2) is 41.6. The molecule has 1 aliphatic rings. The molecule has 1 fully saturated rings. The van der Waals surface area contributed by atoms with Crippen molar-refractivity contribution in [1.29, 1.82) is 0 Å². The number of hydrogen-bond acceptors (Lipinski definition) is 16. The van der Waals surface area contributed by atoms with Crippen LogP contribution < -0.4 is 26.7 Å². The highest BCUT2D eigenvalue weighted by Crippen LogP contribution is 2.30. The van der Waals surface area contributed by atoms with Gasteiger partial charge in [0, 0.05) is 82.3 Å². The largest absolute Gasteiger partial charge is 0.385 e. The number of hydrogen-bond donors (Lipinski definition) is 6. The van der Waals surface area contributed by atoms with Gasteiger partial charge < -0.3 is 70.2 Å². The molecule has 0 spiro atoms. The molecule has 1 aliphatic heterocycles. The molecule has 0 aromatic rings. The Morgan fingerprint density at radius 3 is 1.57 bits per heavy atom. The summed E-state index contributed by atoms with van der Waals surface area (Å²) >= 11 is 1.39. The van der Waals surface area contributed by atoms with E-state index in [0.717, 1.165) is 4.90 Å². The maximum absolute atomic E-state index is 15.6. The second-order valence-electron chi connectivity index (χ2n) is 29.2. The second-order valence-corrected chi connectivity index (χ2v) is 30.4. The van der Waals surface area contributed by atoms with Gasteiger partial charge >= 0.3 is 0 Å². The molecule has 1 saturated heterocycles. The molecule has 1 heterocycles. The Morgan fingerprint density at radius 2 is 1.08 bits per heavy atom. The lowest BCUT2D eigenvalue weighted by molar-refractivity contribution is -0.166. The number of nitrogens with one attached hydrogen (secondary N) is 5. The third-order valence-corrected chi connectivity index (χ3v) is 19.7. The molecule has 0 saturated carbocycles. The zero-order valence-electron chi connectivity index (χ0n) is 63.9. The van der Waals surface area contributed by atoms with Crippen molar-refractivity contribution in [2.45, 2.75) is 254 Å². The van der Waals surface area contributed by atoms with E-state index in [1.807, 2.05) is 67.5 Å². The average Bonchev–Trinajstić information content (AvgIpc) is 0.778. The summed E-state index contributed by atoms with van der Waals surface area (Å²) < 4.78 is 11.1. The van der Waals surface area contributed by atoms with E-state index < -0.39 is 154 Å². The first kappa shape index (κ1) is 89.1. The monoisotopic (exact) mass is 1390 g/mol. The fourth-order valence-corrected chi connectivity index (χ4v) is 13.2. The van der Waals surface area contributed by atoms with E-state index in [1.165, 1.54) is 111 Å². The molecule has 558 valence electrons. The molecule has 97 heavy (non-hydrogen) atoms. The third kappa shape index (κ3) is 25.7. The van der Waals surface area contributed by atoms with Crippen LogP contribution in [0.3, 0.4) is 0 Å². The van der Waals surface area contributed by atoms with E-state index in [4.69, 9.17) is 9.47 Å². The van der Waals surface area contributed by atoms with E-state index in [2.05, 4.69) is 26.7 Å². The number of carbonyl (C=O) groups excluding carboxylic acids is 11. The van der Waals surface area contributed by atoms with Gasteiger partial charge in [-0.05, 0) is 134 Å². The van der Waals surface area contributed by atoms with Crippen LogP contribution in [0, 0.1) is 35.5 Å². The van der Waals surface area contributed by atoms with Gasteiger partial charge in [0.1, 0.15) is 60.4 Å². The molecule has 0 bridgehead atoms.